The van der Waals surface area contributed by atoms with Gasteiger partial charge in [-0.3, -0.25) is 34.1 Å². The Morgan fingerprint density at radius 1 is 1.04 bits per heavy atom. The van der Waals surface area contributed by atoms with E-state index < -0.39 is 53.2 Å². The minimum atomic E-state index is -1.13. The van der Waals surface area contributed by atoms with E-state index >= 15 is 9.59 Å². The minimum absolute atomic E-state index is 0.0872. The second-order valence-electron chi connectivity index (χ2n) is 21.2. The highest BCUT2D eigenvalue weighted by Gasteiger charge is 2.46. The molecular weight excluding hydrogens is 921 g/mol. The van der Waals surface area contributed by atoms with Crippen LogP contribution in [0.2, 0.25) is 0 Å². The predicted molar refractivity (Wildman–Crippen MR) is 284 cm³/mol. The van der Waals surface area contributed by atoms with Crippen molar-refractivity contribution >= 4 is 59.0 Å². The number of rotatable bonds is 8. The van der Waals surface area contributed by atoms with Crippen LogP contribution in [0, 0.1) is 29.1 Å². The van der Waals surface area contributed by atoms with Gasteiger partial charge in [-0.1, -0.05) is 88.3 Å². The van der Waals surface area contributed by atoms with Gasteiger partial charge < -0.3 is 23.8 Å². The van der Waals surface area contributed by atoms with E-state index in [1.165, 1.54) is 14.5 Å². The van der Waals surface area contributed by atoms with E-state index in [0.29, 0.717) is 64.1 Å². The lowest BCUT2D eigenvalue weighted by molar-refractivity contribution is -0.472. The summed E-state index contributed by atoms with van der Waals surface area (Å²) in [6.07, 6.45) is 12.0. The Morgan fingerprint density at radius 3 is 2.59 bits per heavy atom. The van der Waals surface area contributed by atoms with Crippen molar-refractivity contribution in [2.75, 3.05) is 66.1 Å². The SMILES string of the molecule is C=C1CCN(C(=O)C#CCN2CCOCC2)C[C@H]1C(=O)N(C)[C@H](C(=O)[N+](=C)[C@H]1Cc2cccc(c2)-c2ccc3c(c2)c(c(C2=C\CC\C=C/N=C/2)n3CC)CC(C)(C)COC(=O)[C@@H]2CCCN(N2)C1=O)C(C)C. The summed E-state index contributed by atoms with van der Waals surface area (Å²) >= 11 is 0. The standard InChI is InChI=1S/C58H73N8O7/c1-9-65-49-22-21-43-34-45(49)46(53(65)44-17-11-10-12-24-59-36-44)35-58(5,6)38-73-57(71)48-19-14-26-66(60-48)55(69)50(33-41-16-13-18-42(43)32-41)61(7)56(70)52(39(2)3)62(8)54(68)47-37-64(27-23-40(47)4)51(67)20-15-25-63-28-30-72-31-29-63/h12-13,16-18,21-22,24,32,34,36,39,47-48,50,52,60H,4,7,9-11,14,19,23,25-31,33,35,37-38H2,1-3,5-6,8H3/q+1/b24-12-,44-17+,59-36+/t47-,48+,50+,52+/m1/s1. The zero-order valence-electron chi connectivity index (χ0n) is 43.7. The highest BCUT2D eigenvalue weighted by atomic mass is 16.5. The quantitative estimate of drug-likeness (QED) is 0.0932. The Kier molecular flexibility index (Phi) is 16.8. The van der Waals surface area contributed by atoms with Crippen molar-refractivity contribution in [3.63, 3.8) is 0 Å². The third kappa shape index (κ3) is 12.0. The lowest BCUT2D eigenvalue weighted by atomic mass is 9.84. The molecule has 0 aliphatic carbocycles. The number of aromatic nitrogens is 1. The molecule has 2 aromatic carbocycles. The first kappa shape index (κ1) is 52.8. The number of likely N-dealkylation sites (tertiary alicyclic amines) is 1. The summed E-state index contributed by atoms with van der Waals surface area (Å²) in [6, 6.07) is 11.6. The van der Waals surface area contributed by atoms with Crippen LogP contribution in [0.1, 0.15) is 83.5 Å². The number of cyclic esters (lactones) is 1. The van der Waals surface area contributed by atoms with E-state index in [1.807, 2.05) is 38.4 Å². The molecule has 3 aromatic rings. The molecular formula is C58H73N8O7+. The fraction of sp³-hybridized carbons (Fsp3) is 0.500. The molecule has 0 unspecified atom stereocenters. The molecule has 0 spiro atoms. The van der Waals surface area contributed by atoms with Crippen LogP contribution < -0.4 is 5.43 Å². The highest BCUT2D eigenvalue weighted by molar-refractivity contribution is 6.12. The molecule has 0 saturated carbocycles. The first-order valence-electron chi connectivity index (χ1n) is 26.1. The van der Waals surface area contributed by atoms with Gasteiger partial charge in [0.25, 0.3) is 5.91 Å². The molecule has 1 N–H and O–H groups in total. The fourth-order valence-electron chi connectivity index (χ4n) is 10.9. The average molecular weight is 994 g/mol. The number of morpholine rings is 1. The lowest BCUT2D eigenvalue weighted by Gasteiger charge is -2.37. The fourth-order valence-corrected chi connectivity index (χ4v) is 10.9. The van der Waals surface area contributed by atoms with Crippen molar-refractivity contribution in [1.82, 2.24) is 29.7 Å². The molecule has 4 atom stereocenters. The van der Waals surface area contributed by atoms with Gasteiger partial charge in [0.15, 0.2) is 6.04 Å². The van der Waals surface area contributed by atoms with Gasteiger partial charge in [-0.2, -0.15) is 4.58 Å². The normalized spacial score (nSPS) is 23.9. The number of piperidine rings is 1. The number of hydrazine groups is 1. The number of nitrogens with zero attached hydrogens (tertiary/aromatic N) is 7. The van der Waals surface area contributed by atoms with Gasteiger partial charge in [0.2, 0.25) is 11.9 Å². The van der Waals surface area contributed by atoms with Crippen molar-refractivity contribution in [2.45, 2.75) is 104 Å². The summed E-state index contributed by atoms with van der Waals surface area (Å²) in [6.45, 7) is 23.5. The minimum Gasteiger partial charge on any atom is -0.464 e. The number of carbonyl (C=O) groups excluding carboxylic acids is 5. The summed E-state index contributed by atoms with van der Waals surface area (Å²) in [4.78, 5) is 81.8. The van der Waals surface area contributed by atoms with Crippen LogP contribution in [0.3, 0.4) is 0 Å². The maximum Gasteiger partial charge on any atom is 0.409 e. The molecule has 73 heavy (non-hydrogen) atoms. The molecule has 6 heterocycles. The molecule has 3 fully saturated rings. The highest BCUT2D eigenvalue weighted by Crippen LogP contribution is 2.39. The molecule has 1 aromatic heterocycles. The van der Waals surface area contributed by atoms with E-state index in [0.717, 1.165) is 76.9 Å². The molecule has 15 heteroatoms. The van der Waals surface area contributed by atoms with Crippen molar-refractivity contribution in [3.8, 4) is 23.0 Å². The summed E-state index contributed by atoms with van der Waals surface area (Å²) in [5.74, 6) is 2.48. The number of hydrogen-bond donors (Lipinski definition) is 1. The lowest BCUT2D eigenvalue weighted by Crippen LogP contribution is -2.61. The molecule has 4 amide bonds. The summed E-state index contributed by atoms with van der Waals surface area (Å²) < 4.78 is 15.1. The van der Waals surface area contributed by atoms with Gasteiger partial charge in [0.05, 0.1) is 38.0 Å². The van der Waals surface area contributed by atoms with Gasteiger partial charge in [-0.15, -0.1) is 0 Å². The van der Waals surface area contributed by atoms with E-state index in [2.05, 4.69) is 108 Å². The number of fused-ring (bicyclic) bond motifs is 6. The monoisotopic (exact) mass is 994 g/mol. The zero-order chi connectivity index (χ0) is 52.0. The first-order valence-corrected chi connectivity index (χ1v) is 26.1. The molecule has 386 valence electrons. The average Bonchev–Trinajstić information content (AvgIpc) is 3.67. The summed E-state index contributed by atoms with van der Waals surface area (Å²) in [5, 5.41) is 2.53. The predicted octanol–water partition coefficient (Wildman–Crippen LogP) is 6.09. The van der Waals surface area contributed by atoms with Crippen LogP contribution in [-0.4, -0.2) is 156 Å². The molecule has 0 radical (unpaired) electrons. The van der Waals surface area contributed by atoms with Crippen molar-refractivity contribution in [1.29, 1.82) is 0 Å². The third-order valence-electron chi connectivity index (χ3n) is 14.9. The Bertz CT molecular complexity index is 2800. The topological polar surface area (TPSA) is 149 Å². The molecule has 3 saturated heterocycles. The van der Waals surface area contributed by atoms with Gasteiger partial charge in [0, 0.05) is 87.0 Å². The van der Waals surface area contributed by atoms with Crippen molar-refractivity contribution in [2.24, 2.45) is 22.2 Å². The zero-order valence-corrected chi connectivity index (χ0v) is 43.7. The maximum absolute atomic E-state index is 15.1. The number of likely N-dealkylation sites (N-methyl/N-ethyl adjacent to an activating group) is 1. The van der Waals surface area contributed by atoms with Crippen LogP contribution in [0.5, 0.6) is 0 Å². The van der Waals surface area contributed by atoms with Crippen LogP contribution in [0.4, 0.5) is 0 Å². The van der Waals surface area contributed by atoms with Gasteiger partial charge in [-0.25, -0.2) is 10.2 Å². The Hall–Kier alpha value is -6.47. The molecule has 15 nitrogen and oxygen atoms in total. The molecule has 6 bridgehead atoms. The Morgan fingerprint density at radius 2 is 1.82 bits per heavy atom. The second kappa shape index (κ2) is 23.2. The number of allylic oxidation sites excluding steroid dienone is 3. The number of amides is 4. The number of hydrogen-bond acceptors (Lipinski definition) is 10. The smallest absolute Gasteiger partial charge is 0.409 e. The van der Waals surface area contributed by atoms with Crippen LogP contribution in [0.15, 0.2) is 78.0 Å². The third-order valence-corrected chi connectivity index (χ3v) is 14.9. The molecule has 5 aliphatic heterocycles. The second-order valence-corrected chi connectivity index (χ2v) is 21.2. The Balaban J connectivity index is 1.11. The van der Waals surface area contributed by atoms with Crippen molar-refractivity contribution < 1.29 is 38.0 Å². The number of nitrogens with one attached hydrogen (secondary N) is 1. The van der Waals surface area contributed by atoms with Gasteiger partial charge >= 0.3 is 17.8 Å². The molecule has 5 aliphatic rings. The number of ether oxygens (including phenoxy) is 2. The van der Waals surface area contributed by atoms with Crippen LogP contribution in [0.25, 0.3) is 27.6 Å². The van der Waals surface area contributed by atoms with E-state index in [4.69, 9.17) is 9.47 Å². The number of aryl methyl sites for hydroxylation is 1. The van der Waals surface area contributed by atoms with Crippen LogP contribution >= 0.6 is 0 Å². The van der Waals surface area contributed by atoms with E-state index in [1.54, 1.807) is 11.9 Å². The van der Waals surface area contributed by atoms with Gasteiger partial charge in [0.1, 0.15) is 12.8 Å². The van der Waals surface area contributed by atoms with Crippen molar-refractivity contribution in [3.05, 3.63) is 89.8 Å². The van der Waals surface area contributed by atoms with Gasteiger partial charge in [-0.05, 0) is 91.7 Å². The molecule has 8 rings (SSSR count). The number of carbonyl (C=O) groups is 5. The summed E-state index contributed by atoms with van der Waals surface area (Å²) in [5.41, 5.74) is 10.5. The first-order chi connectivity index (χ1) is 35.0. The maximum atomic E-state index is 15.1. The number of aliphatic imine (C=N–C) groups is 1. The van der Waals surface area contributed by atoms with Crippen LogP contribution in [-0.2, 0) is 52.8 Å². The number of esters is 1. The van der Waals surface area contributed by atoms with E-state index in [9.17, 15) is 14.4 Å². The van der Waals surface area contributed by atoms with E-state index in [-0.39, 0.29) is 31.4 Å². The number of benzene rings is 2. The summed E-state index contributed by atoms with van der Waals surface area (Å²) in [7, 11) is 1.59. The largest absolute Gasteiger partial charge is 0.464 e. The Labute approximate surface area is 430 Å².